The molecule has 1 unspecified atom stereocenters. The lowest BCUT2D eigenvalue weighted by Gasteiger charge is -2.20. The van der Waals surface area contributed by atoms with Gasteiger partial charge in [-0.25, -0.2) is 9.78 Å². The van der Waals surface area contributed by atoms with E-state index in [4.69, 9.17) is 14.2 Å². The predicted octanol–water partition coefficient (Wildman–Crippen LogP) is 3.38. The Morgan fingerprint density at radius 3 is 2.97 bits per heavy atom. The molecule has 0 radical (unpaired) electrons. The van der Waals surface area contributed by atoms with Gasteiger partial charge < -0.3 is 24.8 Å². The number of cyclic esters (lactones) is 1. The second kappa shape index (κ2) is 8.94. The molecule has 0 aliphatic carbocycles. The van der Waals surface area contributed by atoms with Crippen LogP contribution in [0.2, 0.25) is 0 Å². The number of methoxy groups -OCH3 is 1. The number of ether oxygens (including phenoxy) is 3. The highest BCUT2D eigenvalue weighted by Crippen LogP contribution is 2.39. The topological polar surface area (TPSA) is 102 Å². The highest BCUT2D eigenvalue weighted by Gasteiger charge is 2.34. The van der Waals surface area contributed by atoms with Crippen LogP contribution in [-0.4, -0.2) is 62.2 Å². The van der Waals surface area contributed by atoms with Crippen molar-refractivity contribution in [3.05, 3.63) is 48.0 Å². The summed E-state index contributed by atoms with van der Waals surface area (Å²) in [5.41, 5.74) is 3.41. The van der Waals surface area contributed by atoms with Gasteiger partial charge in [0, 0.05) is 46.6 Å². The molecule has 6 rings (SSSR count). The Labute approximate surface area is 206 Å². The van der Waals surface area contributed by atoms with Crippen molar-refractivity contribution >= 4 is 46.0 Å². The maximum Gasteiger partial charge on any atom is 0.414 e. The van der Waals surface area contributed by atoms with Crippen molar-refractivity contribution in [1.82, 2.24) is 10.3 Å². The molecule has 3 aliphatic heterocycles. The molecule has 3 aliphatic rings. The number of pyridine rings is 1. The van der Waals surface area contributed by atoms with Crippen molar-refractivity contribution in [2.24, 2.45) is 0 Å². The summed E-state index contributed by atoms with van der Waals surface area (Å²) in [6.07, 6.45) is -0.668. The number of carbonyl (C=O) groups is 2. The van der Waals surface area contributed by atoms with Crippen molar-refractivity contribution in [3.8, 4) is 11.6 Å². The second-order valence-electron chi connectivity index (χ2n) is 8.70. The van der Waals surface area contributed by atoms with Gasteiger partial charge in [-0.2, -0.15) is 0 Å². The molecule has 3 aromatic rings. The van der Waals surface area contributed by atoms with Gasteiger partial charge in [-0.3, -0.25) is 9.69 Å². The van der Waals surface area contributed by atoms with Crippen LogP contribution in [-0.2, 0) is 9.53 Å². The lowest BCUT2D eigenvalue weighted by atomic mass is 9.98. The minimum Gasteiger partial charge on any atom is -0.493 e. The van der Waals surface area contributed by atoms with Gasteiger partial charge in [0.2, 0.25) is 11.8 Å². The Hall–Kier alpha value is -3.50. The predicted molar refractivity (Wildman–Crippen MR) is 133 cm³/mol. The monoisotopic (exact) mass is 492 g/mol. The summed E-state index contributed by atoms with van der Waals surface area (Å²) in [6.45, 7) is 2.19. The van der Waals surface area contributed by atoms with Gasteiger partial charge in [-0.15, -0.1) is 11.8 Å². The van der Waals surface area contributed by atoms with Crippen LogP contribution < -0.4 is 25.0 Å². The second-order valence-corrected chi connectivity index (χ2v) is 9.72. The van der Waals surface area contributed by atoms with Crippen molar-refractivity contribution in [3.63, 3.8) is 0 Å². The van der Waals surface area contributed by atoms with Gasteiger partial charge >= 0.3 is 6.09 Å². The first-order chi connectivity index (χ1) is 17.1. The maximum absolute atomic E-state index is 12.6. The number of carbonyl (C=O) groups excluding carboxylic acids is 2. The van der Waals surface area contributed by atoms with Crippen LogP contribution in [0.3, 0.4) is 0 Å². The van der Waals surface area contributed by atoms with E-state index < -0.39 is 0 Å². The Balaban J connectivity index is 1.11. The molecule has 2 aromatic carbocycles. The van der Waals surface area contributed by atoms with Gasteiger partial charge in [0.1, 0.15) is 11.9 Å². The van der Waals surface area contributed by atoms with E-state index >= 15 is 0 Å². The SMILES string of the molecule is COc1ccc2ccc3c(c2n1)C(CNC[C@@H]1CN(c2ccc4c(c2)NC(=O)CS4)C(=O)O1)CO3. The fraction of sp³-hybridized carbons (Fsp3) is 0.320. The average molecular weight is 493 g/mol. The molecule has 1 fully saturated rings. The molecular weight excluding hydrogens is 468 g/mol. The highest BCUT2D eigenvalue weighted by atomic mass is 32.2. The number of benzene rings is 2. The lowest BCUT2D eigenvalue weighted by molar-refractivity contribution is -0.113. The molecule has 0 saturated carbocycles. The van der Waals surface area contributed by atoms with E-state index in [1.54, 1.807) is 12.0 Å². The zero-order chi connectivity index (χ0) is 23.9. The lowest BCUT2D eigenvalue weighted by Crippen LogP contribution is -2.33. The number of hydrogen-bond donors (Lipinski definition) is 2. The molecule has 1 aromatic heterocycles. The van der Waals surface area contributed by atoms with Crippen LogP contribution >= 0.6 is 11.8 Å². The fourth-order valence-electron chi connectivity index (χ4n) is 4.74. The number of rotatable bonds is 6. The van der Waals surface area contributed by atoms with Crippen molar-refractivity contribution < 1.29 is 23.8 Å². The highest BCUT2D eigenvalue weighted by molar-refractivity contribution is 8.00. The first-order valence-electron chi connectivity index (χ1n) is 11.4. The number of hydrogen-bond acceptors (Lipinski definition) is 8. The molecule has 4 heterocycles. The van der Waals surface area contributed by atoms with Gasteiger partial charge in [-0.1, -0.05) is 0 Å². The number of amides is 2. The molecule has 10 heteroatoms. The number of nitrogens with zero attached hydrogens (tertiary/aromatic N) is 2. The van der Waals surface area contributed by atoms with Gasteiger partial charge in [0.25, 0.3) is 0 Å². The van der Waals surface area contributed by atoms with Crippen LogP contribution in [0.5, 0.6) is 11.6 Å². The maximum atomic E-state index is 12.6. The summed E-state index contributed by atoms with van der Waals surface area (Å²) in [5.74, 6) is 1.92. The van der Waals surface area contributed by atoms with Crippen LogP contribution in [0.1, 0.15) is 11.5 Å². The van der Waals surface area contributed by atoms with Gasteiger partial charge in [0.05, 0.1) is 37.2 Å². The van der Waals surface area contributed by atoms with Crippen LogP contribution in [0, 0.1) is 0 Å². The smallest absolute Gasteiger partial charge is 0.414 e. The first kappa shape index (κ1) is 22.0. The molecule has 2 atom stereocenters. The zero-order valence-corrected chi connectivity index (χ0v) is 19.9. The van der Waals surface area contributed by atoms with E-state index in [1.807, 2.05) is 42.5 Å². The molecule has 2 amide bonds. The summed E-state index contributed by atoms with van der Waals surface area (Å²) in [5, 5.41) is 7.36. The van der Waals surface area contributed by atoms with E-state index in [2.05, 4.69) is 15.6 Å². The standard InChI is InChI=1S/C25H24N4O5S/c1-32-22-7-3-14-2-5-19-23(24(14)28-22)15(12-33-19)9-26-10-17-11-29(25(31)34-17)16-4-6-20-18(8-16)27-21(30)13-35-20/h2-8,15,17,26H,9-13H2,1H3,(H,27,30)/t15?,17-/m1/s1. The summed E-state index contributed by atoms with van der Waals surface area (Å²) in [4.78, 5) is 31.5. The summed E-state index contributed by atoms with van der Waals surface area (Å²) < 4.78 is 16.8. The van der Waals surface area contributed by atoms with E-state index in [0.717, 1.165) is 32.8 Å². The summed E-state index contributed by atoms with van der Waals surface area (Å²) in [7, 11) is 1.61. The molecule has 2 N–H and O–H groups in total. The number of aromatic nitrogens is 1. The molecular formula is C25H24N4O5S. The average Bonchev–Trinajstić information content (AvgIpc) is 3.46. The van der Waals surface area contributed by atoms with Crippen LogP contribution in [0.25, 0.3) is 10.9 Å². The number of fused-ring (bicyclic) bond motifs is 4. The molecule has 1 saturated heterocycles. The molecule has 0 spiro atoms. The molecule has 9 nitrogen and oxygen atoms in total. The third-order valence-electron chi connectivity index (χ3n) is 6.44. The Kier molecular flexibility index (Phi) is 5.62. The Morgan fingerprint density at radius 2 is 2.09 bits per heavy atom. The molecule has 35 heavy (non-hydrogen) atoms. The fourth-order valence-corrected chi connectivity index (χ4v) is 5.53. The van der Waals surface area contributed by atoms with E-state index in [1.165, 1.54) is 11.8 Å². The summed E-state index contributed by atoms with van der Waals surface area (Å²) >= 11 is 1.49. The van der Waals surface area contributed by atoms with Gasteiger partial charge in [0.15, 0.2) is 0 Å². The van der Waals surface area contributed by atoms with Crippen molar-refractivity contribution in [1.29, 1.82) is 0 Å². The minimum absolute atomic E-state index is 0.0374. The summed E-state index contributed by atoms with van der Waals surface area (Å²) in [6, 6.07) is 13.5. The Morgan fingerprint density at radius 1 is 1.20 bits per heavy atom. The quantitative estimate of drug-likeness (QED) is 0.540. The van der Waals surface area contributed by atoms with Gasteiger partial charge in [-0.05, 0) is 36.4 Å². The van der Waals surface area contributed by atoms with Crippen LogP contribution in [0.4, 0.5) is 16.2 Å². The molecule has 0 bridgehead atoms. The third kappa shape index (κ3) is 4.12. The van der Waals surface area contributed by atoms with Crippen molar-refractivity contribution in [2.75, 3.05) is 49.3 Å². The normalized spacial score (nSPS) is 20.8. The molecule has 180 valence electrons. The number of anilines is 2. The Bertz CT molecular complexity index is 1330. The number of nitrogens with one attached hydrogen (secondary N) is 2. The third-order valence-corrected chi connectivity index (χ3v) is 7.51. The number of thioether (sulfide) groups is 1. The minimum atomic E-state index is -0.386. The van der Waals surface area contributed by atoms with Crippen LogP contribution in [0.15, 0.2) is 47.4 Å². The van der Waals surface area contributed by atoms with E-state index in [-0.39, 0.29) is 24.0 Å². The first-order valence-corrected chi connectivity index (χ1v) is 12.4. The van der Waals surface area contributed by atoms with E-state index in [9.17, 15) is 9.59 Å². The largest absolute Gasteiger partial charge is 0.493 e. The zero-order valence-electron chi connectivity index (χ0n) is 19.1. The van der Waals surface area contributed by atoms with Crippen molar-refractivity contribution in [2.45, 2.75) is 16.9 Å². The van der Waals surface area contributed by atoms with E-state index in [0.29, 0.717) is 43.6 Å².